The molecular weight excluding hydrogens is 500 g/mol. The van der Waals surface area contributed by atoms with Crippen molar-refractivity contribution in [2.45, 2.75) is 6.54 Å². The van der Waals surface area contributed by atoms with Gasteiger partial charge in [0.05, 0.1) is 5.56 Å². The molecule has 0 aliphatic rings. The Hall–Kier alpha value is -2.64. The van der Waals surface area contributed by atoms with Crippen molar-refractivity contribution in [1.29, 1.82) is 0 Å². The van der Waals surface area contributed by atoms with Crippen LogP contribution in [0.4, 0.5) is 5.69 Å². The summed E-state index contributed by atoms with van der Waals surface area (Å²) in [5.74, 6) is -0.221. The van der Waals surface area contributed by atoms with Crippen molar-refractivity contribution >= 4 is 49.4 Å². The molecule has 0 aliphatic carbocycles. The SMILES string of the molecule is O=C(COc1ccccc1C(=O)NCc1ccc(Br)cc1)Nc1ccc(Br)cc1. The molecule has 3 rings (SSSR count). The number of ether oxygens (including phenoxy) is 1. The number of halogens is 2. The van der Waals surface area contributed by atoms with Crippen LogP contribution < -0.4 is 15.4 Å². The second-order valence-electron chi connectivity index (χ2n) is 6.15. The number of hydrogen-bond donors (Lipinski definition) is 2. The van der Waals surface area contributed by atoms with E-state index in [4.69, 9.17) is 4.74 Å². The molecule has 0 spiro atoms. The molecule has 29 heavy (non-hydrogen) atoms. The van der Waals surface area contributed by atoms with Crippen LogP contribution in [0, 0.1) is 0 Å². The lowest BCUT2D eigenvalue weighted by Gasteiger charge is -2.12. The highest BCUT2D eigenvalue weighted by Gasteiger charge is 2.13. The molecule has 7 heteroatoms. The molecule has 148 valence electrons. The van der Waals surface area contributed by atoms with Gasteiger partial charge in [-0.05, 0) is 54.1 Å². The second kappa shape index (κ2) is 10.2. The van der Waals surface area contributed by atoms with Crippen LogP contribution in [0.3, 0.4) is 0 Å². The van der Waals surface area contributed by atoms with Gasteiger partial charge in [-0.15, -0.1) is 0 Å². The zero-order valence-corrected chi connectivity index (χ0v) is 18.5. The van der Waals surface area contributed by atoms with E-state index < -0.39 is 0 Å². The Bertz CT molecular complexity index is 990. The molecule has 0 saturated heterocycles. The quantitative estimate of drug-likeness (QED) is 0.455. The summed E-state index contributed by atoms with van der Waals surface area (Å²) in [6, 6.07) is 21.8. The third-order valence-electron chi connectivity index (χ3n) is 3.98. The van der Waals surface area contributed by atoms with Crippen molar-refractivity contribution in [2.75, 3.05) is 11.9 Å². The van der Waals surface area contributed by atoms with Crippen LogP contribution >= 0.6 is 31.9 Å². The molecule has 2 N–H and O–H groups in total. The number of nitrogens with one attached hydrogen (secondary N) is 2. The normalized spacial score (nSPS) is 10.3. The molecule has 0 bridgehead atoms. The third-order valence-corrected chi connectivity index (χ3v) is 5.04. The van der Waals surface area contributed by atoms with E-state index in [2.05, 4.69) is 42.5 Å². The van der Waals surface area contributed by atoms with E-state index in [1.165, 1.54) is 0 Å². The number of benzene rings is 3. The summed E-state index contributed by atoms with van der Waals surface area (Å²) in [5.41, 5.74) is 2.03. The Kier molecular flexibility index (Phi) is 7.43. The number of carbonyl (C=O) groups excluding carboxylic acids is 2. The second-order valence-corrected chi connectivity index (χ2v) is 7.98. The Morgan fingerprint density at radius 1 is 0.828 bits per heavy atom. The Morgan fingerprint density at radius 2 is 1.45 bits per heavy atom. The summed E-state index contributed by atoms with van der Waals surface area (Å²) in [4.78, 5) is 24.7. The lowest BCUT2D eigenvalue weighted by molar-refractivity contribution is -0.118. The van der Waals surface area contributed by atoms with E-state index in [-0.39, 0.29) is 18.4 Å². The molecule has 0 saturated carbocycles. The van der Waals surface area contributed by atoms with Gasteiger partial charge in [0.1, 0.15) is 5.75 Å². The minimum absolute atomic E-state index is 0.201. The average molecular weight is 518 g/mol. The van der Waals surface area contributed by atoms with E-state index in [1.807, 2.05) is 36.4 Å². The van der Waals surface area contributed by atoms with Crippen molar-refractivity contribution in [3.63, 3.8) is 0 Å². The van der Waals surface area contributed by atoms with Gasteiger partial charge in [-0.1, -0.05) is 56.1 Å². The van der Waals surface area contributed by atoms with Gasteiger partial charge in [0.15, 0.2) is 6.61 Å². The minimum Gasteiger partial charge on any atom is -0.483 e. The highest BCUT2D eigenvalue weighted by atomic mass is 79.9. The average Bonchev–Trinajstić information content (AvgIpc) is 2.73. The van der Waals surface area contributed by atoms with Crippen molar-refractivity contribution in [3.8, 4) is 5.75 Å². The van der Waals surface area contributed by atoms with Gasteiger partial charge in [-0.3, -0.25) is 9.59 Å². The topological polar surface area (TPSA) is 67.4 Å². The summed E-state index contributed by atoms with van der Waals surface area (Å²) < 4.78 is 7.50. The first-order chi connectivity index (χ1) is 14.0. The summed E-state index contributed by atoms with van der Waals surface area (Å²) in [6.07, 6.45) is 0. The van der Waals surface area contributed by atoms with Crippen LogP contribution in [-0.2, 0) is 11.3 Å². The van der Waals surface area contributed by atoms with Crippen molar-refractivity contribution in [2.24, 2.45) is 0 Å². The minimum atomic E-state index is -0.308. The molecule has 5 nitrogen and oxygen atoms in total. The first-order valence-corrected chi connectivity index (χ1v) is 10.4. The number of amides is 2. The van der Waals surface area contributed by atoms with Gasteiger partial charge in [-0.25, -0.2) is 0 Å². The number of anilines is 1. The summed E-state index contributed by atoms with van der Waals surface area (Å²) >= 11 is 6.73. The van der Waals surface area contributed by atoms with Crippen LogP contribution in [0.2, 0.25) is 0 Å². The molecule has 3 aromatic carbocycles. The molecule has 0 fully saturated rings. The van der Waals surface area contributed by atoms with Crippen LogP contribution in [0.15, 0.2) is 81.7 Å². The molecule has 3 aromatic rings. The Labute approximate surface area is 185 Å². The fourth-order valence-corrected chi connectivity index (χ4v) is 3.06. The molecule has 0 radical (unpaired) electrons. The van der Waals surface area contributed by atoms with Crippen LogP contribution in [0.1, 0.15) is 15.9 Å². The lowest BCUT2D eigenvalue weighted by Crippen LogP contribution is -2.25. The maximum atomic E-state index is 12.6. The molecule has 0 heterocycles. The van der Waals surface area contributed by atoms with Gasteiger partial charge in [0.2, 0.25) is 0 Å². The number of hydrogen-bond acceptors (Lipinski definition) is 3. The van der Waals surface area contributed by atoms with E-state index in [9.17, 15) is 9.59 Å². The molecule has 0 unspecified atom stereocenters. The Morgan fingerprint density at radius 3 is 2.14 bits per heavy atom. The zero-order chi connectivity index (χ0) is 20.6. The summed E-state index contributed by atoms with van der Waals surface area (Å²) in [6.45, 7) is 0.192. The molecule has 0 atom stereocenters. The smallest absolute Gasteiger partial charge is 0.262 e. The van der Waals surface area contributed by atoms with Gasteiger partial charge in [-0.2, -0.15) is 0 Å². The monoisotopic (exact) mass is 516 g/mol. The molecule has 2 amide bonds. The number of carbonyl (C=O) groups is 2. The van der Waals surface area contributed by atoms with E-state index in [1.54, 1.807) is 36.4 Å². The van der Waals surface area contributed by atoms with E-state index in [0.29, 0.717) is 23.5 Å². The fourth-order valence-electron chi connectivity index (χ4n) is 2.53. The first kappa shape index (κ1) is 21.1. The predicted octanol–water partition coefficient (Wildman–Crippen LogP) is 5.16. The first-order valence-electron chi connectivity index (χ1n) is 8.81. The van der Waals surface area contributed by atoms with E-state index in [0.717, 1.165) is 14.5 Å². The number of rotatable bonds is 7. The van der Waals surface area contributed by atoms with Crippen LogP contribution in [0.5, 0.6) is 5.75 Å². The van der Waals surface area contributed by atoms with Crippen molar-refractivity contribution in [3.05, 3.63) is 92.9 Å². The zero-order valence-electron chi connectivity index (χ0n) is 15.3. The summed E-state index contributed by atoms with van der Waals surface area (Å²) in [7, 11) is 0. The standard InChI is InChI=1S/C22H18Br2N2O3/c23-16-7-5-15(6-8-16)13-25-22(28)19-3-1-2-4-20(19)29-14-21(27)26-18-11-9-17(24)10-12-18/h1-12H,13-14H2,(H,25,28)(H,26,27). The number of para-hydroxylation sites is 1. The summed E-state index contributed by atoms with van der Waals surface area (Å²) in [5, 5.41) is 5.62. The van der Waals surface area contributed by atoms with Gasteiger partial charge in [0, 0.05) is 21.2 Å². The maximum absolute atomic E-state index is 12.6. The molecule has 0 aromatic heterocycles. The largest absolute Gasteiger partial charge is 0.483 e. The highest BCUT2D eigenvalue weighted by molar-refractivity contribution is 9.10. The van der Waals surface area contributed by atoms with Gasteiger partial charge < -0.3 is 15.4 Å². The third kappa shape index (κ3) is 6.44. The predicted molar refractivity (Wildman–Crippen MR) is 120 cm³/mol. The molecule has 0 aliphatic heterocycles. The Balaban J connectivity index is 1.57. The van der Waals surface area contributed by atoms with Crippen molar-refractivity contribution < 1.29 is 14.3 Å². The van der Waals surface area contributed by atoms with Gasteiger partial charge >= 0.3 is 0 Å². The van der Waals surface area contributed by atoms with Crippen LogP contribution in [-0.4, -0.2) is 18.4 Å². The van der Waals surface area contributed by atoms with Crippen molar-refractivity contribution in [1.82, 2.24) is 5.32 Å². The lowest BCUT2D eigenvalue weighted by atomic mass is 10.1. The highest BCUT2D eigenvalue weighted by Crippen LogP contribution is 2.19. The van der Waals surface area contributed by atoms with E-state index >= 15 is 0 Å². The molecular formula is C22H18Br2N2O3. The van der Waals surface area contributed by atoms with Crippen LogP contribution in [0.25, 0.3) is 0 Å². The maximum Gasteiger partial charge on any atom is 0.262 e. The fraction of sp³-hybridized carbons (Fsp3) is 0.0909. The van der Waals surface area contributed by atoms with Gasteiger partial charge in [0.25, 0.3) is 11.8 Å².